The quantitative estimate of drug-likeness (QED) is 0.193. The molecule has 4 aromatic rings. The maximum atomic E-state index is 12.3. The van der Waals surface area contributed by atoms with E-state index >= 15 is 0 Å². The van der Waals surface area contributed by atoms with Crippen LogP contribution in [0.2, 0.25) is 5.02 Å². The molecule has 3 aromatic carbocycles. The largest absolute Gasteiger partial charge is 0.272 e. The number of carbonyl (C=O) groups is 1. The first-order valence-electron chi connectivity index (χ1n) is 9.57. The second kappa shape index (κ2) is 10.6. The molecule has 6 nitrogen and oxygen atoms in total. The van der Waals surface area contributed by atoms with E-state index in [4.69, 9.17) is 11.6 Å². The van der Waals surface area contributed by atoms with Gasteiger partial charge in [0.1, 0.15) is 0 Å². The highest BCUT2D eigenvalue weighted by molar-refractivity contribution is 9.10. The SMILES string of the molecule is O=C(CSc1nnc(-c2cccc(Br)c2)n1-c1ccccc1)N/N=C/c1cccc(Cl)c1. The fourth-order valence-electron chi connectivity index (χ4n) is 2.92. The first-order valence-corrected chi connectivity index (χ1v) is 11.7. The number of amides is 1. The zero-order valence-electron chi connectivity index (χ0n) is 16.7. The maximum absolute atomic E-state index is 12.3. The van der Waals surface area contributed by atoms with Crippen molar-refractivity contribution in [3.8, 4) is 17.1 Å². The van der Waals surface area contributed by atoms with Crippen molar-refractivity contribution in [2.75, 3.05) is 5.75 Å². The molecule has 32 heavy (non-hydrogen) atoms. The zero-order valence-corrected chi connectivity index (χ0v) is 19.8. The van der Waals surface area contributed by atoms with Crippen molar-refractivity contribution < 1.29 is 4.79 Å². The predicted molar refractivity (Wildman–Crippen MR) is 132 cm³/mol. The van der Waals surface area contributed by atoms with Crippen LogP contribution in [0.15, 0.2) is 93.6 Å². The molecule has 1 heterocycles. The average Bonchev–Trinajstić information content (AvgIpc) is 3.22. The Morgan fingerprint density at radius 1 is 1.06 bits per heavy atom. The first-order chi connectivity index (χ1) is 15.6. The molecule has 4 rings (SSSR count). The Kier molecular flexibility index (Phi) is 7.36. The van der Waals surface area contributed by atoms with Gasteiger partial charge in [-0.1, -0.05) is 81.8 Å². The Hall–Kier alpha value is -2.94. The van der Waals surface area contributed by atoms with Crippen LogP contribution in [-0.4, -0.2) is 32.6 Å². The van der Waals surface area contributed by atoms with E-state index in [1.54, 1.807) is 18.3 Å². The van der Waals surface area contributed by atoms with Crippen LogP contribution in [-0.2, 0) is 4.79 Å². The zero-order chi connectivity index (χ0) is 22.3. The van der Waals surface area contributed by atoms with Gasteiger partial charge in [0.25, 0.3) is 5.91 Å². The molecule has 0 aliphatic rings. The number of nitrogens with one attached hydrogen (secondary N) is 1. The Morgan fingerprint density at radius 2 is 1.88 bits per heavy atom. The summed E-state index contributed by atoms with van der Waals surface area (Å²) in [6, 6.07) is 24.9. The predicted octanol–water partition coefficient (Wildman–Crippen LogP) is 5.59. The highest BCUT2D eigenvalue weighted by Crippen LogP contribution is 2.29. The highest BCUT2D eigenvalue weighted by Gasteiger charge is 2.17. The van der Waals surface area contributed by atoms with Crippen LogP contribution in [0.3, 0.4) is 0 Å². The van der Waals surface area contributed by atoms with E-state index in [0.29, 0.717) is 16.0 Å². The number of hydrazone groups is 1. The monoisotopic (exact) mass is 525 g/mol. The van der Waals surface area contributed by atoms with Crippen molar-refractivity contribution in [2.24, 2.45) is 5.10 Å². The molecule has 0 fully saturated rings. The summed E-state index contributed by atoms with van der Waals surface area (Å²) < 4.78 is 2.89. The van der Waals surface area contributed by atoms with Crippen LogP contribution in [0, 0.1) is 0 Å². The standard InChI is InChI=1S/C23H17BrClN5OS/c24-18-8-5-7-17(13-18)22-28-29-23(30(22)20-10-2-1-3-11-20)32-15-21(31)27-26-14-16-6-4-9-19(25)12-16/h1-14H,15H2,(H,27,31)/b26-14+. The summed E-state index contributed by atoms with van der Waals surface area (Å²) in [6.07, 6.45) is 1.55. The number of halogens is 2. The fourth-order valence-corrected chi connectivity index (χ4v) is 4.26. The normalized spacial score (nSPS) is 11.1. The molecule has 1 N–H and O–H groups in total. The van der Waals surface area contributed by atoms with E-state index in [1.807, 2.05) is 71.3 Å². The second-order valence-corrected chi connectivity index (χ2v) is 8.92. The molecule has 1 amide bonds. The smallest absolute Gasteiger partial charge is 0.250 e. The van der Waals surface area contributed by atoms with Crippen molar-refractivity contribution in [1.82, 2.24) is 20.2 Å². The van der Waals surface area contributed by atoms with Crippen molar-refractivity contribution in [3.63, 3.8) is 0 Å². The lowest BCUT2D eigenvalue weighted by atomic mass is 10.2. The van der Waals surface area contributed by atoms with E-state index in [0.717, 1.165) is 21.3 Å². The molecule has 9 heteroatoms. The molecule has 0 aliphatic heterocycles. The molecule has 1 aromatic heterocycles. The van der Waals surface area contributed by atoms with Gasteiger partial charge < -0.3 is 0 Å². The van der Waals surface area contributed by atoms with Gasteiger partial charge >= 0.3 is 0 Å². The number of rotatable bonds is 7. The lowest BCUT2D eigenvalue weighted by Crippen LogP contribution is -2.20. The number of thioether (sulfide) groups is 1. The van der Waals surface area contributed by atoms with Crippen LogP contribution < -0.4 is 5.43 Å². The van der Waals surface area contributed by atoms with Gasteiger partial charge in [-0.05, 0) is 42.0 Å². The summed E-state index contributed by atoms with van der Waals surface area (Å²) in [5, 5.41) is 13.9. The van der Waals surface area contributed by atoms with E-state index in [-0.39, 0.29) is 11.7 Å². The van der Waals surface area contributed by atoms with Crippen LogP contribution in [0.4, 0.5) is 0 Å². The minimum atomic E-state index is -0.250. The third-order valence-corrected chi connectivity index (χ3v) is 5.97. The maximum Gasteiger partial charge on any atom is 0.250 e. The summed E-state index contributed by atoms with van der Waals surface area (Å²) >= 11 is 10.7. The van der Waals surface area contributed by atoms with Crippen molar-refractivity contribution in [2.45, 2.75) is 5.16 Å². The summed E-state index contributed by atoms with van der Waals surface area (Å²) in [4.78, 5) is 12.3. The van der Waals surface area contributed by atoms with Crippen molar-refractivity contribution >= 4 is 51.4 Å². The number of benzene rings is 3. The fraction of sp³-hybridized carbons (Fsp3) is 0.0435. The molecule has 0 bridgehead atoms. The molecule has 0 atom stereocenters. The van der Waals surface area contributed by atoms with Gasteiger partial charge in [0.2, 0.25) is 0 Å². The van der Waals surface area contributed by atoms with Gasteiger partial charge in [0, 0.05) is 20.7 Å². The topological polar surface area (TPSA) is 72.2 Å². The van der Waals surface area contributed by atoms with E-state index in [9.17, 15) is 4.79 Å². The van der Waals surface area contributed by atoms with Gasteiger partial charge in [-0.15, -0.1) is 10.2 Å². The number of aromatic nitrogens is 3. The Labute approximate surface area is 202 Å². The van der Waals surface area contributed by atoms with E-state index < -0.39 is 0 Å². The summed E-state index contributed by atoms with van der Waals surface area (Å²) in [5.41, 5.74) is 5.15. The first kappa shape index (κ1) is 22.3. The molecule has 0 saturated carbocycles. The van der Waals surface area contributed by atoms with Gasteiger partial charge in [-0.2, -0.15) is 5.10 Å². The van der Waals surface area contributed by atoms with Crippen molar-refractivity contribution in [1.29, 1.82) is 0 Å². The lowest BCUT2D eigenvalue weighted by Gasteiger charge is -2.10. The summed E-state index contributed by atoms with van der Waals surface area (Å²) in [7, 11) is 0. The molecular weight excluding hydrogens is 510 g/mol. The van der Waals surface area contributed by atoms with E-state index in [2.05, 4.69) is 36.7 Å². The average molecular weight is 527 g/mol. The molecule has 0 saturated heterocycles. The molecule has 160 valence electrons. The molecule has 0 spiro atoms. The molecular formula is C23H17BrClN5OS. The van der Waals surface area contributed by atoms with Gasteiger partial charge in [0.05, 0.1) is 12.0 Å². The minimum absolute atomic E-state index is 0.135. The second-order valence-electron chi connectivity index (χ2n) is 6.62. The minimum Gasteiger partial charge on any atom is -0.272 e. The van der Waals surface area contributed by atoms with Crippen molar-refractivity contribution in [3.05, 3.63) is 93.9 Å². The Morgan fingerprint density at radius 3 is 2.66 bits per heavy atom. The highest BCUT2D eigenvalue weighted by atomic mass is 79.9. The van der Waals surface area contributed by atoms with Gasteiger partial charge in [-0.25, -0.2) is 5.43 Å². The van der Waals surface area contributed by atoms with Crippen LogP contribution >= 0.6 is 39.3 Å². The third-order valence-electron chi connectivity index (χ3n) is 4.31. The number of carbonyl (C=O) groups excluding carboxylic acids is 1. The van der Waals surface area contributed by atoms with Crippen LogP contribution in [0.25, 0.3) is 17.1 Å². The number of nitrogens with zero attached hydrogens (tertiary/aromatic N) is 4. The third kappa shape index (κ3) is 5.64. The Bertz CT molecular complexity index is 1260. The van der Waals surface area contributed by atoms with Crippen LogP contribution in [0.1, 0.15) is 5.56 Å². The number of hydrogen-bond donors (Lipinski definition) is 1. The molecule has 0 aliphatic carbocycles. The number of para-hydroxylation sites is 1. The Balaban J connectivity index is 1.50. The summed E-state index contributed by atoms with van der Waals surface area (Å²) in [5.74, 6) is 0.579. The number of hydrogen-bond acceptors (Lipinski definition) is 5. The molecule has 0 radical (unpaired) electrons. The lowest BCUT2D eigenvalue weighted by molar-refractivity contribution is -0.118. The van der Waals surface area contributed by atoms with Crippen LogP contribution in [0.5, 0.6) is 0 Å². The van der Waals surface area contributed by atoms with Gasteiger partial charge in [-0.3, -0.25) is 9.36 Å². The van der Waals surface area contributed by atoms with E-state index in [1.165, 1.54) is 11.8 Å². The summed E-state index contributed by atoms with van der Waals surface area (Å²) in [6.45, 7) is 0. The molecule has 0 unspecified atom stereocenters. The van der Waals surface area contributed by atoms with Gasteiger partial charge in [0.15, 0.2) is 11.0 Å².